The third kappa shape index (κ3) is 4.31. The molecule has 0 aliphatic heterocycles. The van der Waals surface area contributed by atoms with Crippen molar-refractivity contribution in [2.24, 2.45) is 0 Å². The Hall–Kier alpha value is -7.39. The van der Waals surface area contributed by atoms with E-state index in [0.717, 1.165) is 71.7 Å². The molecule has 0 fully saturated rings. The summed E-state index contributed by atoms with van der Waals surface area (Å²) in [5.74, 6) is 0. The standard InChI is InChI=1S/C45H25N5/c46-26-29-19-22-43-39(23-29)38-14-3-4-15-40(38)49(43)34-11-7-9-30(25-34)31-20-21-35(33(24-31)28-48)45-32(27-47)10-8-18-44(45)50-41-16-5-1-12-36(41)37-13-2-6-17-42(37)50/h1-25H. The number of nitrogens with zero attached hydrogens (tertiary/aromatic N) is 5. The first kappa shape index (κ1) is 28.8. The average Bonchev–Trinajstić information content (AvgIpc) is 3.70. The minimum atomic E-state index is 0.485. The van der Waals surface area contributed by atoms with Crippen LogP contribution in [0.25, 0.3) is 77.2 Å². The molecular formula is C45H25N5. The lowest BCUT2D eigenvalue weighted by Gasteiger charge is -2.17. The maximum Gasteiger partial charge on any atom is 0.0998 e. The Labute approximate surface area is 287 Å². The van der Waals surface area contributed by atoms with Crippen molar-refractivity contribution in [3.63, 3.8) is 0 Å². The Balaban J connectivity index is 1.22. The fraction of sp³-hybridized carbons (Fsp3) is 0. The molecule has 0 aliphatic rings. The Kier molecular flexibility index (Phi) is 6.56. The van der Waals surface area contributed by atoms with Crippen molar-refractivity contribution in [3.05, 3.63) is 168 Å². The number of fused-ring (bicyclic) bond motifs is 6. The van der Waals surface area contributed by atoms with Crippen LogP contribution in [0.1, 0.15) is 16.7 Å². The van der Waals surface area contributed by atoms with E-state index in [4.69, 9.17) is 0 Å². The highest BCUT2D eigenvalue weighted by Gasteiger charge is 2.20. The molecule has 5 heteroatoms. The molecule has 0 spiro atoms. The normalized spacial score (nSPS) is 11.1. The molecule has 0 N–H and O–H groups in total. The van der Waals surface area contributed by atoms with Gasteiger partial charge in [-0.25, -0.2) is 0 Å². The number of nitriles is 3. The number of rotatable bonds is 4. The van der Waals surface area contributed by atoms with Gasteiger partial charge in [0, 0.05) is 38.4 Å². The van der Waals surface area contributed by atoms with Crippen molar-refractivity contribution < 1.29 is 0 Å². The van der Waals surface area contributed by atoms with E-state index in [1.165, 1.54) is 0 Å². The van der Waals surface area contributed by atoms with E-state index >= 15 is 0 Å². The summed E-state index contributed by atoms with van der Waals surface area (Å²) in [6.45, 7) is 0. The fourth-order valence-corrected chi connectivity index (χ4v) is 7.46. The molecular weight excluding hydrogens is 611 g/mol. The summed E-state index contributed by atoms with van der Waals surface area (Å²) in [6.07, 6.45) is 0. The smallest absolute Gasteiger partial charge is 0.0998 e. The molecule has 50 heavy (non-hydrogen) atoms. The highest BCUT2D eigenvalue weighted by atomic mass is 15.0. The zero-order valence-corrected chi connectivity index (χ0v) is 26.7. The second kappa shape index (κ2) is 11.4. The fourth-order valence-electron chi connectivity index (χ4n) is 7.46. The molecule has 9 aromatic rings. The van der Waals surface area contributed by atoms with Crippen LogP contribution in [0.2, 0.25) is 0 Å². The molecule has 0 aliphatic carbocycles. The quantitative estimate of drug-likeness (QED) is 0.193. The predicted octanol–water partition coefficient (Wildman–Crippen LogP) is 10.8. The van der Waals surface area contributed by atoms with E-state index in [2.05, 4.69) is 75.9 Å². The van der Waals surface area contributed by atoms with E-state index in [1.54, 1.807) is 0 Å². The van der Waals surface area contributed by atoms with Crippen LogP contribution in [0.5, 0.6) is 0 Å². The summed E-state index contributed by atoms with van der Waals surface area (Å²) in [6, 6.07) is 57.7. The molecule has 0 atom stereocenters. The molecule has 0 saturated heterocycles. The molecule has 9 rings (SSSR count). The molecule has 0 unspecified atom stereocenters. The van der Waals surface area contributed by atoms with Crippen LogP contribution in [0.15, 0.2) is 152 Å². The van der Waals surface area contributed by atoms with Crippen molar-refractivity contribution in [2.75, 3.05) is 0 Å². The first-order valence-corrected chi connectivity index (χ1v) is 16.3. The minimum Gasteiger partial charge on any atom is -0.309 e. The van der Waals surface area contributed by atoms with E-state index in [0.29, 0.717) is 22.3 Å². The van der Waals surface area contributed by atoms with Crippen LogP contribution in [-0.4, -0.2) is 9.13 Å². The van der Waals surface area contributed by atoms with Gasteiger partial charge in [-0.15, -0.1) is 0 Å². The van der Waals surface area contributed by atoms with Gasteiger partial charge in [-0.05, 0) is 77.9 Å². The van der Waals surface area contributed by atoms with E-state index in [9.17, 15) is 15.8 Å². The monoisotopic (exact) mass is 635 g/mol. The van der Waals surface area contributed by atoms with Crippen LogP contribution < -0.4 is 0 Å². The third-order valence-electron chi connectivity index (χ3n) is 9.63. The summed E-state index contributed by atoms with van der Waals surface area (Å²) < 4.78 is 4.42. The molecule has 0 saturated carbocycles. The predicted molar refractivity (Wildman–Crippen MR) is 200 cm³/mol. The Morgan fingerprint density at radius 2 is 1.00 bits per heavy atom. The van der Waals surface area contributed by atoms with Crippen LogP contribution in [0.4, 0.5) is 0 Å². The maximum absolute atomic E-state index is 10.6. The van der Waals surface area contributed by atoms with E-state index in [1.807, 2.05) is 103 Å². The molecule has 2 aromatic heterocycles. The van der Waals surface area contributed by atoms with Crippen molar-refractivity contribution >= 4 is 43.6 Å². The van der Waals surface area contributed by atoms with Crippen LogP contribution in [-0.2, 0) is 0 Å². The van der Waals surface area contributed by atoms with Gasteiger partial charge in [0.25, 0.3) is 0 Å². The Bertz CT molecular complexity index is 2920. The van der Waals surface area contributed by atoms with Crippen LogP contribution in [0.3, 0.4) is 0 Å². The van der Waals surface area contributed by atoms with E-state index < -0.39 is 0 Å². The van der Waals surface area contributed by atoms with Gasteiger partial charge in [0.05, 0.1) is 62.7 Å². The SMILES string of the molecule is N#Cc1ccc2c(c1)c1ccccc1n2-c1cccc(-c2ccc(-c3c(C#N)cccc3-n3c4ccccc4c4ccccc43)c(C#N)c2)c1. The van der Waals surface area contributed by atoms with Gasteiger partial charge in [0.15, 0.2) is 0 Å². The van der Waals surface area contributed by atoms with Gasteiger partial charge in [-0.3, -0.25) is 0 Å². The van der Waals surface area contributed by atoms with Gasteiger partial charge < -0.3 is 9.13 Å². The molecule has 0 bridgehead atoms. The van der Waals surface area contributed by atoms with Crippen molar-refractivity contribution in [3.8, 4) is 51.8 Å². The van der Waals surface area contributed by atoms with Crippen molar-refractivity contribution in [1.82, 2.24) is 9.13 Å². The highest BCUT2D eigenvalue weighted by Crippen LogP contribution is 2.40. The zero-order valence-electron chi connectivity index (χ0n) is 26.7. The number of para-hydroxylation sites is 3. The average molecular weight is 636 g/mol. The molecule has 0 radical (unpaired) electrons. The van der Waals surface area contributed by atoms with Gasteiger partial charge in [-0.1, -0.05) is 84.9 Å². The third-order valence-corrected chi connectivity index (χ3v) is 9.63. The maximum atomic E-state index is 10.6. The Morgan fingerprint density at radius 1 is 0.400 bits per heavy atom. The number of aromatic nitrogens is 2. The summed E-state index contributed by atoms with van der Waals surface area (Å²) in [4.78, 5) is 0. The first-order chi connectivity index (χ1) is 24.7. The van der Waals surface area contributed by atoms with Crippen molar-refractivity contribution in [1.29, 1.82) is 15.8 Å². The summed E-state index contributed by atoms with van der Waals surface area (Å²) in [5.41, 5.74) is 10.8. The Morgan fingerprint density at radius 3 is 1.68 bits per heavy atom. The number of benzene rings is 7. The number of hydrogen-bond acceptors (Lipinski definition) is 3. The molecule has 7 aromatic carbocycles. The first-order valence-electron chi connectivity index (χ1n) is 16.3. The summed E-state index contributed by atoms with van der Waals surface area (Å²) in [5, 5.41) is 34.9. The lowest BCUT2D eigenvalue weighted by molar-refractivity contribution is 1.18. The second-order valence-electron chi connectivity index (χ2n) is 12.3. The minimum absolute atomic E-state index is 0.485. The lowest BCUT2D eigenvalue weighted by Crippen LogP contribution is -2.01. The van der Waals surface area contributed by atoms with Gasteiger partial charge >= 0.3 is 0 Å². The molecule has 2 heterocycles. The molecule has 5 nitrogen and oxygen atoms in total. The second-order valence-corrected chi connectivity index (χ2v) is 12.3. The van der Waals surface area contributed by atoms with Gasteiger partial charge in [-0.2, -0.15) is 15.8 Å². The van der Waals surface area contributed by atoms with Crippen LogP contribution >= 0.6 is 0 Å². The molecule has 0 amide bonds. The number of hydrogen-bond donors (Lipinski definition) is 0. The highest BCUT2D eigenvalue weighted by molar-refractivity contribution is 6.11. The van der Waals surface area contributed by atoms with Crippen molar-refractivity contribution in [2.45, 2.75) is 0 Å². The summed E-state index contributed by atoms with van der Waals surface area (Å²) >= 11 is 0. The van der Waals surface area contributed by atoms with Gasteiger partial charge in [0.1, 0.15) is 0 Å². The summed E-state index contributed by atoms with van der Waals surface area (Å²) in [7, 11) is 0. The lowest BCUT2D eigenvalue weighted by atomic mass is 9.91. The van der Waals surface area contributed by atoms with Gasteiger partial charge in [0.2, 0.25) is 0 Å². The largest absolute Gasteiger partial charge is 0.309 e. The van der Waals surface area contributed by atoms with E-state index in [-0.39, 0.29) is 0 Å². The topological polar surface area (TPSA) is 81.2 Å². The van der Waals surface area contributed by atoms with Crippen LogP contribution in [0, 0.1) is 34.0 Å². The molecule has 230 valence electrons. The zero-order chi connectivity index (χ0) is 33.8.